The maximum absolute atomic E-state index is 11.4. The van der Waals surface area contributed by atoms with Crippen LogP contribution in [0, 0.1) is 0 Å². The Hall–Kier alpha value is -2.37. The Morgan fingerprint density at radius 1 is 1.05 bits per heavy atom. The van der Waals surface area contributed by atoms with Crippen LogP contribution in [0.2, 0.25) is 0 Å². The van der Waals surface area contributed by atoms with Crippen LogP contribution in [0.5, 0.6) is 0 Å². The molecule has 0 saturated carbocycles. The normalized spacial score (nSPS) is 9.80. The molecule has 0 atom stereocenters. The second-order valence-corrected chi connectivity index (χ2v) is 4.29. The van der Waals surface area contributed by atoms with Crippen molar-refractivity contribution in [3.63, 3.8) is 0 Å². The number of imide groups is 1. The fourth-order valence-corrected chi connectivity index (χ4v) is 1.60. The molecule has 3 amide bonds. The first-order valence-corrected chi connectivity index (χ1v) is 6.41. The third-order valence-electron chi connectivity index (χ3n) is 2.59. The number of benzene rings is 1. The zero-order valence-electron chi connectivity index (χ0n) is 11.1. The van der Waals surface area contributed by atoms with Gasteiger partial charge < -0.3 is 10.4 Å². The van der Waals surface area contributed by atoms with Gasteiger partial charge in [-0.05, 0) is 18.4 Å². The van der Waals surface area contributed by atoms with E-state index >= 15 is 0 Å². The van der Waals surface area contributed by atoms with Crippen molar-refractivity contribution in [2.45, 2.75) is 25.7 Å². The highest BCUT2D eigenvalue weighted by Gasteiger charge is 2.07. The maximum atomic E-state index is 11.4. The monoisotopic (exact) mass is 278 g/mol. The third-order valence-corrected chi connectivity index (χ3v) is 2.59. The van der Waals surface area contributed by atoms with Crippen molar-refractivity contribution in [3.8, 4) is 0 Å². The zero-order valence-corrected chi connectivity index (χ0v) is 11.1. The molecule has 0 saturated heterocycles. The molecule has 3 N–H and O–H groups in total. The van der Waals surface area contributed by atoms with E-state index in [9.17, 15) is 14.4 Å². The number of hydrogen-bond donors (Lipinski definition) is 3. The molecule has 20 heavy (non-hydrogen) atoms. The van der Waals surface area contributed by atoms with Crippen molar-refractivity contribution in [1.82, 2.24) is 10.6 Å². The maximum Gasteiger partial charge on any atom is 0.321 e. The van der Waals surface area contributed by atoms with Crippen LogP contribution >= 0.6 is 0 Å². The number of amides is 3. The molecule has 0 radical (unpaired) electrons. The van der Waals surface area contributed by atoms with Gasteiger partial charge in [0.2, 0.25) is 5.91 Å². The number of nitrogens with one attached hydrogen (secondary N) is 2. The first kappa shape index (κ1) is 15.7. The molecular formula is C14H18N2O4. The molecule has 108 valence electrons. The van der Waals surface area contributed by atoms with Crippen molar-refractivity contribution >= 4 is 17.9 Å². The lowest BCUT2D eigenvalue weighted by molar-refractivity contribution is -0.137. The topological polar surface area (TPSA) is 95.5 Å². The molecule has 0 aromatic heterocycles. The minimum Gasteiger partial charge on any atom is -0.481 e. The molecular weight excluding hydrogens is 260 g/mol. The predicted octanol–water partition coefficient (Wildman–Crippen LogP) is 1.31. The second-order valence-electron chi connectivity index (χ2n) is 4.29. The molecule has 0 fully saturated rings. The summed E-state index contributed by atoms with van der Waals surface area (Å²) in [5.41, 5.74) is 1.10. The fourth-order valence-electron chi connectivity index (χ4n) is 1.60. The number of rotatable bonds is 7. The van der Waals surface area contributed by atoms with Crippen molar-refractivity contribution in [3.05, 3.63) is 35.9 Å². The number of urea groups is 1. The number of carboxylic acid groups (broad SMARTS) is 1. The molecule has 0 heterocycles. The summed E-state index contributed by atoms with van der Waals surface area (Å²) < 4.78 is 0. The average Bonchev–Trinajstić information content (AvgIpc) is 2.39. The Labute approximate surface area is 117 Å². The number of carboxylic acids is 1. The summed E-state index contributed by atoms with van der Waals surface area (Å²) in [5, 5.41) is 13.2. The Balaban J connectivity index is 2.13. The summed E-state index contributed by atoms with van der Waals surface area (Å²) in [7, 11) is 0. The van der Waals surface area contributed by atoms with E-state index < -0.39 is 17.9 Å². The van der Waals surface area contributed by atoms with Gasteiger partial charge in [0, 0.05) is 19.4 Å². The molecule has 1 rings (SSSR count). The van der Waals surface area contributed by atoms with E-state index in [0.29, 0.717) is 13.0 Å². The van der Waals surface area contributed by atoms with Gasteiger partial charge in [0.05, 0.1) is 0 Å². The van der Waals surface area contributed by atoms with E-state index in [1.807, 2.05) is 30.3 Å². The van der Waals surface area contributed by atoms with Crippen molar-refractivity contribution in [2.24, 2.45) is 0 Å². The smallest absolute Gasteiger partial charge is 0.321 e. The van der Waals surface area contributed by atoms with Gasteiger partial charge >= 0.3 is 12.0 Å². The molecule has 1 aromatic rings. The van der Waals surface area contributed by atoms with E-state index in [4.69, 9.17) is 5.11 Å². The van der Waals surface area contributed by atoms with Crippen LogP contribution in [0.4, 0.5) is 4.79 Å². The van der Waals surface area contributed by atoms with E-state index in [-0.39, 0.29) is 19.3 Å². The van der Waals surface area contributed by atoms with Crippen molar-refractivity contribution in [2.75, 3.05) is 6.54 Å². The molecule has 0 bridgehead atoms. The van der Waals surface area contributed by atoms with Gasteiger partial charge in [-0.25, -0.2) is 4.79 Å². The molecule has 0 spiro atoms. The van der Waals surface area contributed by atoms with E-state index in [1.165, 1.54) is 0 Å². The molecule has 0 aliphatic carbocycles. The van der Waals surface area contributed by atoms with Gasteiger partial charge in [-0.3, -0.25) is 14.9 Å². The minimum absolute atomic E-state index is 0.0262. The quantitative estimate of drug-likeness (QED) is 0.700. The Bertz CT molecular complexity index is 460. The van der Waals surface area contributed by atoms with Crippen LogP contribution in [0.15, 0.2) is 30.3 Å². The van der Waals surface area contributed by atoms with Crippen LogP contribution in [-0.4, -0.2) is 29.6 Å². The van der Waals surface area contributed by atoms with Crippen molar-refractivity contribution < 1.29 is 19.5 Å². The van der Waals surface area contributed by atoms with Crippen molar-refractivity contribution in [1.29, 1.82) is 0 Å². The number of carbonyl (C=O) groups is 3. The summed E-state index contributed by atoms with van der Waals surface area (Å²) in [5.74, 6) is -1.42. The van der Waals surface area contributed by atoms with E-state index in [0.717, 1.165) is 5.56 Å². The molecule has 0 aliphatic heterocycles. The summed E-state index contributed by atoms with van der Waals surface area (Å²) in [4.78, 5) is 33.0. The Morgan fingerprint density at radius 2 is 1.75 bits per heavy atom. The Morgan fingerprint density at radius 3 is 2.40 bits per heavy atom. The SMILES string of the molecule is O=C(O)CCCC(=O)NC(=O)NCCc1ccccc1. The molecule has 6 heteroatoms. The van der Waals surface area contributed by atoms with Gasteiger partial charge in [0.1, 0.15) is 0 Å². The third kappa shape index (κ3) is 7.15. The lowest BCUT2D eigenvalue weighted by atomic mass is 10.1. The summed E-state index contributed by atoms with van der Waals surface area (Å²) >= 11 is 0. The number of carbonyl (C=O) groups excluding carboxylic acids is 2. The highest BCUT2D eigenvalue weighted by molar-refractivity contribution is 5.94. The highest BCUT2D eigenvalue weighted by Crippen LogP contribution is 1.98. The lowest BCUT2D eigenvalue weighted by Crippen LogP contribution is -2.40. The molecule has 0 unspecified atom stereocenters. The lowest BCUT2D eigenvalue weighted by Gasteiger charge is -2.06. The summed E-state index contributed by atoms with van der Waals surface area (Å²) in [6.45, 7) is 0.429. The number of aliphatic carboxylic acids is 1. The molecule has 6 nitrogen and oxygen atoms in total. The Kier molecular flexibility index (Phi) is 6.81. The van der Waals surface area contributed by atoms with E-state index in [1.54, 1.807) is 0 Å². The van der Waals surface area contributed by atoms with Gasteiger partial charge in [0.25, 0.3) is 0 Å². The van der Waals surface area contributed by atoms with Gasteiger partial charge in [-0.1, -0.05) is 30.3 Å². The number of hydrogen-bond acceptors (Lipinski definition) is 3. The van der Waals surface area contributed by atoms with Crippen LogP contribution in [-0.2, 0) is 16.0 Å². The minimum atomic E-state index is -0.954. The zero-order chi connectivity index (χ0) is 14.8. The first-order chi connectivity index (χ1) is 9.58. The van der Waals surface area contributed by atoms with Gasteiger partial charge in [-0.15, -0.1) is 0 Å². The summed E-state index contributed by atoms with van der Waals surface area (Å²) in [6, 6.07) is 9.11. The molecule has 0 aliphatic rings. The van der Waals surface area contributed by atoms with Crippen LogP contribution in [0.3, 0.4) is 0 Å². The van der Waals surface area contributed by atoms with E-state index in [2.05, 4.69) is 10.6 Å². The van der Waals surface area contributed by atoms with Gasteiger partial charge in [-0.2, -0.15) is 0 Å². The van der Waals surface area contributed by atoms with Crippen LogP contribution < -0.4 is 10.6 Å². The predicted molar refractivity (Wildman–Crippen MR) is 73.2 cm³/mol. The van der Waals surface area contributed by atoms with Crippen LogP contribution in [0.1, 0.15) is 24.8 Å². The van der Waals surface area contributed by atoms with Crippen LogP contribution in [0.25, 0.3) is 0 Å². The fraction of sp³-hybridized carbons (Fsp3) is 0.357. The molecule has 1 aromatic carbocycles. The highest BCUT2D eigenvalue weighted by atomic mass is 16.4. The largest absolute Gasteiger partial charge is 0.481 e. The average molecular weight is 278 g/mol. The van der Waals surface area contributed by atoms with Gasteiger partial charge in [0.15, 0.2) is 0 Å². The standard InChI is InChI=1S/C14H18N2O4/c17-12(7-4-8-13(18)19)16-14(20)15-10-9-11-5-2-1-3-6-11/h1-3,5-6H,4,7-10H2,(H,18,19)(H2,15,16,17,20). The first-order valence-electron chi connectivity index (χ1n) is 6.41. The summed E-state index contributed by atoms with van der Waals surface area (Å²) in [6.07, 6.45) is 0.849. The second kappa shape index (κ2) is 8.68.